The zero-order valence-electron chi connectivity index (χ0n) is 26.0. The summed E-state index contributed by atoms with van der Waals surface area (Å²) in [5, 5.41) is 4.95. The van der Waals surface area contributed by atoms with E-state index < -0.39 is 0 Å². The molecule has 0 unspecified atom stereocenters. The van der Waals surface area contributed by atoms with Crippen molar-refractivity contribution in [2.75, 3.05) is 4.90 Å². The first-order valence-corrected chi connectivity index (χ1v) is 16.3. The average Bonchev–Trinajstić information content (AvgIpc) is 3.51. The Bertz CT molecular complexity index is 2600. The molecule has 0 atom stereocenters. The van der Waals surface area contributed by atoms with Gasteiger partial charge in [0, 0.05) is 56.6 Å². The predicted octanol–water partition coefficient (Wildman–Crippen LogP) is 11.5. The Kier molecular flexibility index (Phi) is 5.84. The van der Waals surface area contributed by atoms with Gasteiger partial charge in [0.05, 0.1) is 33.8 Å². The van der Waals surface area contributed by atoms with Crippen LogP contribution >= 0.6 is 0 Å². The second-order valence-corrected chi connectivity index (χ2v) is 12.3. The van der Waals surface area contributed by atoms with Crippen LogP contribution in [0.5, 0.6) is 0 Å². The summed E-state index contributed by atoms with van der Waals surface area (Å²) in [5.74, 6) is 0. The van der Waals surface area contributed by atoms with Crippen molar-refractivity contribution in [2.24, 2.45) is 0 Å². The van der Waals surface area contributed by atoms with Crippen LogP contribution in [0.25, 0.3) is 71.9 Å². The fourth-order valence-corrected chi connectivity index (χ4v) is 7.57. The molecule has 0 spiro atoms. The van der Waals surface area contributed by atoms with Crippen molar-refractivity contribution in [1.29, 1.82) is 0 Å². The van der Waals surface area contributed by atoms with E-state index in [1.165, 1.54) is 44.0 Å². The summed E-state index contributed by atoms with van der Waals surface area (Å²) in [6.07, 6.45) is 3.71. The second kappa shape index (κ2) is 10.5. The SMILES string of the molecule is c1ccc(N2c3cccc4cccc(c34)-c3ccc4c(c32)c2ccccc2n4-c2cc(-c3ccccn3)cc(-c3ccccn3)c2)cc1. The Morgan fingerprint density at radius 3 is 1.85 bits per heavy atom. The number of para-hydroxylation sites is 2. The van der Waals surface area contributed by atoms with Crippen LogP contribution < -0.4 is 4.90 Å². The molecule has 0 fully saturated rings. The van der Waals surface area contributed by atoms with Gasteiger partial charge in [0.1, 0.15) is 0 Å². The maximum atomic E-state index is 4.74. The minimum atomic E-state index is 0.926. The van der Waals surface area contributed by atoms with Gasteiger partial charge in [0.25, 0.3) is 0 Å². The van der Waals surface area contributed by atoms with E-state index in [4.69, 9.17) is 9.97 Å². The molecule has 0 bridgehead atoms. The zero-order chi connectivity index (χ0) is 31.6. The Morgan fingerprint density at radius 2 is 1.12 bits per heavy atom. The van der Waals surface area contributed by atoms with Crippen molar-refractivity contribution in [3.05, 3.63) is 170 Å². The minimum Gasteiger partial charge on any atom is -0.309 e. The molecule has 9 aromatic rings. The lowest BCUT2D eigenvalue weighted by atomic mass is 9.89. The van der Waals surface area contributed by atoms with Gasteiger partial charge in [0.2, 0.25) is 0 Å². The molecule has 1 aliphatic heterocycles. The number of nitrogens with zero attached hydrogens (tertiary/aromatic N) is 4. The third-order valence-corrected chi connectivity index (χ3v) is 9.56. The quantitative estimate of drug-likeness (QED) is 0.198. The molecular formula is C44H28N4. The van der Waals surface area contributed by atoms with Gasteiger partial charge in [-0.2, -0.15) is 0 Å². The van der Waals surface area contributed by atoms with Crippen LogP contribution in [-0.4, -0.2) is 14.5 Å². The highest BCUT2D eigenvalue weighted by molar-refractivity contribution is 6.24. The van der Waals surface area contributed by atoms with Crippen LogP contribution in [0.4, 0.5) is 17.1 Å². The molecule has 3 aromatic heterocycles. The van der Waals surface area contributed by atoms with E-state index in [2.05, 4.69) is 143 Å². The van der Waals surface area contributed by atoms with Crippen LogP contribution in [0.3, 0.4) is 0 Å². The maximum absolute atomic E-state index is 4.74. The van der Waals surface area contributed by atoms with E-state index in [9.17, 15) is 0 Å². The molecule has 1 aliphatic rings. The number of fused-ring (bicyclic) bond motifs is 6. The second-order valence-electron chi connectivity index (χ2n) is 12.3. The molecule has 0 aliphatic carbocycles. The molecule has 48 heavy (non-hydrogen) atoms. The van der Waals surface area contributed by atoms with Crippen molar-refractivity contribution >= 4 is 49.6 Å². The van der Waals surface area contributed by atoms with Crippen molar-refractivity contribution in [2.45, 2.75) is 0 Å². The molecule has 224 valence electrons. The summed E-state index contributed by atoms with van der Waals surface area (Å²) in [6.45, 7) is 0. The van der Waals surface area contributed by atoms with Gasteiger partial charge in [-0.05, 0) is 83.7 Å². The van der Waals surface area contributed by atoms with E-state index in [-0.39, 0.29) is 0 Å². The standard InChI is InChI=1S/C44H28N4/c1-2-14-32(15-3-1)48-40-21-11-13-29-12-10-17-34(42(29)40)35-22-23-41-43(44(35)48)36-16-4-5-20-39(36)47(41)33-27-30(37-18-6-8-24-45-37)26-31(28-33)38-19-7-9-25-46-38/h1-28H. The predicted molar refractivity (Wildman–Crippen MR) is 198 cm³/mol. The third kappa shape index (κ3) is 3.96. The lowest BCUT2D eigenvalue weighted by molar-refractivity contribution is 1.17. The normalized spacial score (nSPS) is 12.1. The fourth-order valence-electron chi connectivity index (χ4n) is 7.57. The highest BCUT2D eigenvalue weighted by atomic mass is 15.2. The third-order valence-electron chi connectivity index (χ3n) is 9.56. The van der Waals surface area contributed by atoms with Gasteiger partial charge < -0.3 is 9.47 Å². The molecule has 0 saturated carbocycles. The van der Waals surface area contributed by atoms with Gasteiger partial charge in [-0.15, -0.1) is 0 Å². The van der Waals surface area contributed by atoms with Gasteiger partial charge in [-0.25, -0.2) is 0 Å². The number of aromatic nitrogens is 3. The monoisotopic (exact) mass is 612 g/mol. The molecule has 4 heteroatoms. The highest BCUT2D eigenvalue weighted by Crippen LogP contribution is 2.55. The smallest absolute Gasteiger partial charge is 0.0702 e. The van der Waals surface area contributed by atoms with Crippen LogP contribution in [0.1, 0.15) is 0 Å². The molecule has 0 saturated heterocycles. The summed E-state index contributed by atoms with van der Waals surface area (Å²) in [6, 6.07) is 56.3. The number of hydrogen-bond acceptors (Lipinski definition) is 3. The van der Waals surface area contributed by atoms with Gasteiger partial charge >= 0.3 is 0 Å². The van der Waals surface area contributed by atoms with Crippen molar-refractivity contribution in [3.8, 4) is 39.3 Å². The lowest BCUT2D eigenvalue weighted by Crippen LogP contribution is -2.15. The van der Waals surface area contributed by atoms with Crippen molar-refractivity contribution in [1.82, 2.24) is 14.5 Å². The molecular weight excluding hydrogens is 585 g/mol. The highest BCUT2D eigenvalue weighted by Gasteiger charge is 2.30. The number of rotatable bonds is 4. The number of benzene rings is 6. The molecule has 0 amide bonds. The minimum absolute atomic E-state index is 0.926. The van der Waals surface area contributed by atoms with Gasteiger partial charge in [-0.3, -0.25) is 9.97 Å². The van der Waals surface area contributed by atoms with Gasteiger partial charge in [0.15, 0.2) is 0 Å². The molecule has 0 radical (unpaired) electrons. The van der Waals surface area contributed by atoms with E-state index in [0.29, 0.717) is 0 Å². The summed E-state index contributed by atoms with van der Waals surface area (Å²) in [5.41, 5.74) is 13.3. The summed E-state index contributed by atoms with van der Waals surface area (Å²) < 4.78 is 2.41. The van der Waals surface area contributed by atoms with Crippen molar-refractivity contribution < 1.29 is 0 Å². The fraction of sp³-hybridized carbons (Fsp3) is 0. The average molecular weight is 613 g/mol. The molecule has 4 nitrogen and oxygen atoms in total. The first-order chi connectivity index (χ1) is 23.8. The summed E-state index contributed by atoms with van der Waals surface area (Å²) in [7, 11) is 0. The zero-order valence-corrected chi connectivity index (χ0v) is 26.0. The number of hydrogen-bond donors (Lipinski definition) is 0. The Labute approximate surface area is 277 Å². The van der Waals surface area contributed by atoms with E-state index in [0.717, 1.165) is 44.9 Å². The van der Waals surface area contributed by atoms with E-state index in [1.54, 1.807) is 0 Å². The summed E-state index contributed by atoms with van der Waals surface area (Å²) >= 11 is 0. The topological polar surface area (TPSA) is 34.0 Å². The lowest BCUT2D eigenvalue weighted by Gasteiger charge is -2.34. The van der Waals surface area contributed by atoms with Crippen LogP contribution in [0.2, 0.25) is 0 Å². The number of pyridine rings is 2. The van der Waals surface area contributed by atoms with E-state index >= 15 is 0 Å². The Morgan fingerprint density at radius 1 is 0.438 bits per heavy atom. The first-order valence-electron chi connectivity index (χ1n) is 16.3. The number of anilines is 3. The van der Waals surface area contributed by atoms with Crippen molar-refractivity contribution in [3.63, 3.8) is 0 Å². The first kappa shape index (κ1) is 26.7. The van der Waals surface area contributed by atoms with Gasteiger partial charge in [-0.1, -0.05) is 84.9 Å². The Hall–Kier alpha value is -6.52. The molecule has 0 N–H and O–H groups in total. The molecule has 6 aromatic carbocycles. The van der Waals surface area contributed by atoms with Crippen LogP contribution in [0.15, 0.2) is 170 Å². The largest absolute Gasteiger partial charge is 0.309 e. The van der Waals surface area contributed by atoms with Crippen LogP contribution in [0, 0.1) is 0 Å². The maximum Gasteiger partial charge on any atom is 0.0702 e. The molecule has 4 heterocycles. The van der Waals surface area contributed by atoms with E-state index in [1.807, 2.05) is 36.7 Å². The molecule has 10 rings (SSSR count). The van der Waals surface area contributed by atoms with Crippen LogP contribution in [-0.2, 0) is 0 Å². The Balaban J connectivity index is 1.33. The summed E-state index contributed by atoms with van der Waals surface area (Å²) in [4.78, 5) is 11.9.